The van der Waals surface area contributed by atoms with Gasteiger partial charge in [0, 0.05) is 17.8 Å². The van der Waals surface area contributed by atoms with Gasteiger partial charge >= 0.3 is 0 Å². The third-order valence-electron chi connectivity index (χ3n) is 3.70. The first-order valence-corrected chi connectivity index (χ1v) is 9.11. The van der Waals surface area contributed by atoms with Crippen LogP contribution in [-0.4, -0.2) is 26.4 Å². The van der Waals surface area contributed by atoms with Crippen molar-refractivity contribution in [2.24, 2.45) is 0 Å². The summed E-state index contributed by atoms with van der Waals surface area (Å²) in [7, 11) is 0. The Labute approximate surface area is 155 Å². The van der Waals surface area contributed by atoms with E-state index in [1.54, 1.807) is 12.1 Å². The number of hydrogen-bond acceptors (Lipinski definition) is 5. The minimum Gasteiger partial charge on any atom is -0.325 e. The molecular formula is C19H17N5OS. The van der Waals surface area contributed by atoms with Crippen LogP contribution in [0, 0.1) is 11.3 Å². The Morgan fingerprint density at radius 3 is 2.54 bits per heavy atom. The van der Waals surface area contributed by atoms with Crippen LogP contribution < -0.4 is 5.32 Å². The lowest BCUT2D eigenvalue weighted by atomic mass is 10.1. The number of para-hydroxylation sites is 1. The minimum atomic E-state index is -0.0909. The molecule has 26 heavy (non-hydrogen) atoms. The summed E-state index contributed by atoms with van der Waals surface area (Å²) in [6.45, 7) is 2.69. The number of hydrogen-bond donors (Lipinski definition) is 1. The number of anilines is 1. The van der Waals surface area contributed by atoms with Gasteiger partial charge in [0.25, 0.3) is 0 Å². The summed E-state index contributed by atoms with van der Waals surface area (Å²) in [5.41, 5.74) is 2.26. The molecule has 1 aromatic heterocycles. The summed E-state index contributed by atoms with van der Waals surface area (Å²) >= 11 is 1.35. The normalized spacial score (nSPS) is 10.3. The van der Waals surface area contributed by atoms with Crippen LogP contribution in [0.1, 0.15) is 12.5 Å². The van der Waals surface area contributed by atoms with Crippen molar-refractivity contribution in [1.82, 2.24) is 14.8 Å². The number of nitriles is 1. The number of carbonyl (C=O) groups is 1. The van der Waals surface area contributed by atoms with Crippen LogP contribution in [0.2, 0.25) is 0 Å². The average Bonchev–Trinajstić information content (AvgIpc) is 3.10. The van der Waals surface area contributed by atoms with Crippen LogP contribution in [0.5, 0.6) is 0 Å². The second-order valence-corrected chi connectivity index (χ2v) is 6.38. The average molecular weight is 363 g/mol. The molecule has 0 atom stereocenters. The number of rotatable bonds is 6. The summed E-state index contributed by atoms with van der Waals surface area (Å²) in [4.78, 5) is 12.1. The maximum atomic E-state index is 12.1. The Bertz CT molecular complexity index is 929. The van der Waals surface area contributed by atoms with Crippen LogP contribution in [0.15, 0.2) is 59.8 Å². The van der Waals surface area contributed by atoms with E-state index in [0.29, 0.717) is 17.3 Å². The molecule has 130 valence electrons. The third kappa shape index (κ3) is 4.10. The zero-order valence-corrected chi connectivity index (χ0v) is 15.0. The largest absolute Gasteiger partial charge is 0.325 e. The van der Waals surface area contributed by atoms with E-state index < -0.39 is 0 Å². The van der Waals surface area contributed by atoms with Gasteiger partial charge < -0.3 is 9.88 Å². The SMILES string of the molecule is CCn1c(SCC(=O)Nc2ccccc2)nnc1-c1ccc(C#N)cc1. The van der Waals surface area contributed by atoms with E-state index in [-0.39, 0.29) is 11.7 Å². The smallest absolute Gasteiger partial charge is 0.234 e. The highest BCUT2D eigenvalue weighted by molar-refractivity contribution is 7.99. The third-order valence-corrected chi connectivity index (χ3v) is 4.66. The maximum Gasteiger partial charge on any atom is 0.234 e. The van der Waals surface area contributed by atoms with Crippen molar-refractivity contribution in [2.45, 2.75) is 18.6 Å². The van der Waals surface area contributed by atoms with Crippen molar-refractivity contribution in [3.8, 4) is 17.5 Å². The Kier molecular flexibility index (Phi) is 5.66. The second-order valence-electron chi connectivity index (χ2n) is 5.44. The van der Waals surface area contributed by atoms with Gasteiger partial charge in [0.15, 0.2) is 11.0 Å². The van der Waals surface area contributed by atoms with Crippen molar-refractivity contribution in [3.63, 3.8) is 0 Å². The fraction of sp³-hybridized carbons (Fsp3) is 0.158. The summed E-state index contributed by atoms with van der Waals surface area (Å²) in [5, 5.41) is 20.9. The molecule has 1 amide bonds. The molecule has 0 aliphatic rings. The van der Waals surface area contributed by atoms with E-state index in [0.717, 1.165) is 17.1 Å². The molecule has 0 spiro atoms. The quantitative estimate of drug-likeness (QED) is 0.677. The van der Waals surface area contributed by atoms with Crippen molar-refractivity contribution in [1.29, 1.82) is 5.26 Å². The van der Waals surface area contributed by atoms with E-state index in [1.807, 2.05) is 54.0 Å². The van der Waals surface area contributed by atoms with Crippen LogP contribution in [-0.2, 0) is 11.3 Å². The number of nitrogens with one attached hydrogen (secondary N) is 1. The monoisotopic (exact) mass is 363 g/mol. The lowest BCUT2D eigenvalue weighted by Gasteiger charge is -2.08. The summed E-state index contributed by atoms with van der Waals surface area (Å²) in [5.74, 6) is 0.884. The number of nitrogens with zero attached hydrogens (tertiary/aromatic N) is 4. The zero-order valence-electron chi connectivity index (χ0n) is 14.2. The fourth-order valence-corrected chi connectivity index (χ4v) is 3.24. The highest BCUT2D eigenvalue weighted by atomic mass is 32.2. The summed E-state index contributed by atoms with van der Waals surface area (Å²) in [6.07, 6.45) is 0. The first-order chi connectivity index (χ1) is 12.7. The molecule has 0 bridgehead atoms. The van der Waals surface area contributed by atoms with Crippen molar-refractivity contribution in [2.75, 3.05) is 11.1 Å². The van der Waals surface area contributed by atoms with Crippen molar-refractivity contribution < 1.29 is 4.79 Å². The van der Waals surface area contributed by atoms with Crippen LogP contribution >= 0.6 is 11.8 Å². The number of carbonyl (C=O) groups excluding carboxylic acids is 1. The molecule has 7 heteroatoms. The standard InChI is InChI=1S/C19H17N5OS/c1-2-24-18(15-10-8-14(12-20)9-11-15)22-23-19(24)26-13-17(25)21-16-6-4-3-5-7-16/h3-11H,2,13H2,1H3,(H,21,25). The Balaban J connectivity index is 1.70. The van der Waals surface area contributed by atoms with Crippen molar-refractivity contribution >= 4 is 23.4 Å². The second kappa shape index (κ2) is 8.32. The molecule has 2 aromatic carbocycles. The van der Waals surface area contributed by atoms with Crippen LogP contribution in [0.3, 0.4) is 0 Å². The summed E-state index contributed by atoms with van der Waals surface area (Å²) in [6, 6.07) is 18.7. The fourth-order valence-electron chi connectivity index (χ4n) is 2.44. The van der Waals surface area contributed by atoms with Gasteiger partial charge in [0.05, 0.1) is 17.4 Å². The number of amides is 1. The van der Waals surface area contributed by atoms with Gasteiger partial charge in [-0.05, 0) is 43.3 Å². The van der Waals surface area contributed by atoms with Gasteiger partial charge in [0.2, 0.25) is 5.91 Å². The highest BCUT2D eigenvalue weighted by Crippen LogP contribution is 2.24. The van der Waals surface area contributed by atoms with Gasteiger partial charge in [-0.25, -0.2) is 0 Å². The van der Waals surface area contributed by atoms with Gasteiger partial charge in [-0.3, -0.25) is 4.79 Å². The zero-order chi connectivity index (χ0) is 18.4. The lowest BCUT2D eigenvalue weighted by Crippen LogP contribution is -2.14. The summed E-state index contributed by atoms with van der Waals surface area (Å²) < 4.78 is 1.96. The number of benzene rings is 2. The molecular weight excluding hydrogens is 346 g/mol. The van der Waals surface area contributed by atoms with Gasteiger partial charge in [-0.2, -0.15) is 5.26 Å². The predicted octanol–water partition coefficient (Wildman–Crippen LogP) is 3.57. The van der Waals surface area contributed by atoms with Crippen LogP contribution in [0.25, 0.3) is 11.4 Å². The topological polar surface area (TPSA) is 83.6 Å². The maximum absolute atomic E-state index is 12.1. The molecule has 0 saturated heterocycles. The van der Waals surface area contributed by atoms with E-state index in [9.17, 15) is 4.79 Å². The molecule has 1 N–H and O–H groups in total. The Hall–Kier alpha value is -3.11. The number of aromatic nitrogens is 3. The van der Waals surface area contributed by atoms with Gasteiger partial charge in [0.1, 0.15) is 0 Å². The Morgan fingerprint density at radius 2 is 1.88 bits per heavy atom. The predicted molar refractivity (Wildman–Crippen MR) is 102 cm³/mol. The first-order valence-electron chi connectivity index (χ1n) is 8.12. The molecule has 3 rings (SSSR count). The molecule has 0 aliphatic carbocycles. The molecule has 0 unspecified atom stereocenters. The first kappa shape index (κ1) is 17.7. The van der Waals surface area contributed by atoms with E-state index in [2.05, 4.69) is 21.6 Å². The molecule has 1 heterocycles. The number of thioether (sulfide) groups is 1. The van der Waals surface area contributed by atoms with E-state index in [1.165, 1.54) is 11.8 Å². The van der Waals surface area contributed by atoms with Gasteiger partial charge in [-0.15, -0.1) is 10.2 Å². The van der Waals surface area contributed by atoms with E-state index >= 15 is 0 Å². The Morgan fingerprint density at radius 1 is 1.15 bits per heavy atom. The molecule has 0 radical (unpaired) electrons. The lowest BCUT2D eigenvalue weighted by molar-refractivity contribution is -0.113. The molecule has 3 aromatic rings. The van der Waals surface area contributed by atoms with Crippen molar-refractivity contribution in [3.05, 3.63) is 60.2 Å². The molecule has 6 nitrogen and oxygen atoms in total. The van der Waals surface area contributed by atoms with Crippen LogP contribution in [0.4, 0.5) is 5.69 Å². The minimum absolute atomic E-state index is 0.0909. The van der Waals surface area contributed by atoms with Gasteiger partial charge in [-0.1, -0.05) is 30.0 Å². The molecule has 0 fully saturated rings. The highest BCUT2D eigenvalue weighted by Gasteiger charge is 2.14. The molecule has 0 aliphatic heterocycles. The molecule has 0 saturated carbocycles. The van der Waals surface area contributed by atoms with E-state index in [4.69, 9.17) is 5.26 Å².